The first-order valence-electron chi connectivity index (χ1n) is 6.70. The summed E-state index contributed by atoms with van der Waals surface area (Å²) in [7, 11) is -4.80. The van der Waals surface area contributed by atoms with Gasteiger partial charge < -0.3 is 41.1 Å². The lowest BCUT2D eigenvalue weighted by Crippen LogP contribution is -2.37. The summed E-state index contributed by atoms with van der Waals surface area (Å²) in [5.74, 6) is -0.542. The van der Waals surface area contributed by atoms with Crippen LogP contribution >= 0.6 is 7.82 Å². The van der Waals surface area contributed by atoms with Gasteiger partial charge in [-0.25, -0.2) is 4.57 Å². The summed E-state index contributed by atoms with van der Waals surface area (Å²) in [6.45, 7) is -0.703. The van der Waals surface area contributed by atoms with Crippen molar-refractivity contribution in [3.63, 3.8) is 0 Å². The van der Waals surface area contributed by atoms with Gasteiger partial charge in [0, 0.05) is 0 Å². The number of H-pyrrole nitrogens is 1. The Balaban J connectivity index is 2.16. The molecule has 2 heterocycles. The number of aromatic amines is 1. The number of ether oxygens (including phenoxy) is 1. The number of hydrogen-bond acceptors (Lipinski definition) is 10. The summed E-state index contributed by atoms with van der Waals surface area (Å²) in [6.07, 6.45) is -5.50. The Morgan fingerprint density at radius 3 is 2.68 bits per heavy atom. The van der Waals surface area contributed by atoms with Crippen molar-refractivity contribution >= 4 is 31.7 Å². The number of hydrogen-bond donors (Lipinski definition) is 8. The average molecular weight is 381 g/mol. The summed E-state index contributed by atoms with van der Waals surface area (Å²) in [4.78, 5) is 45.5. The highest BCUT2D eigenvalue weighted by molar-refractivity contribution is 7.46. The van der Waals surface area contributed by atoms with Gasteiger partial charge in [-0.3, -0.25) is 19.1 Å². The number of rotatable bonds is 7. The third-order valence-electron chi connectivity index (χ3n) is 3.19. The Kier molecular flexibility index (Phi) is 5.74. The zero-order valence-electron chi connectivity index (χ0n) is 12.4. The molecule has 1 aliphatic heterocycles. The molecular weight excluding hydrogens is 365 g/mol. The normalized spacial score (nSPS) is 26.4. The van der Waals surface area contributed by atoms with E-state index in [1.807, 2.05) is 0 Å². The van der Waals surface area contributed by atoms with Gasteiger partial charge in [-0.15, -0.1) is 0 Å². The molecular formula is C10H16N5O9P. The zero-order chi connectivity index (χ0) is 18.8. The lowest BCUT2D eigenvalue weighted by Gasteiger charge is -2.18. The molecule has 15 heteroatoms. The smallest absolute Gasteiger partial charge is 0.387 e. The van der Waals surface area contributed by atoms with Crippen LogP contribution in [0.5, 0.6) is 0 Å². The molecule has 1 aromatic rings. The van der Waals surface area contributed by atoms with Crippen LogP contribution in [-0.4, -0.2) is 67.5 Å². The number of nitrogens with two attached hydrogens (primary N) is 1. The maximum atomic E-state index is 11.8. The molecule has 2 rings (SSSR count). The average Bonchev–Trinajstić information content (AvgIpc) is 2.76. The van der Waals surface area contributed by atoms with E-state index < -0.39 is 44.5 Å². The Morgan fingerprint density at radius 2 is 2.08 bits per heavy atom. The standard InChI is InChI=1S/C10H16N5O9P/c11-10-14-7(4(12-2-16)8(19)15-10)13-9-6(18)5(17)3(24-9)1-23-25(20,21)22/h2-3,5-6,9,17-18H,1H2,(H,12,16)(H2,20,21,22)(H4,11,13,14,15,19)/t3-,5-,6-,9?/m1/s1. The highest BCUT2D eigenvalue weighted by atomic mass is 31.2. The molecule has 0 saturated carbocycles. The van der Waals surface area contributed by atoms with E-state index in [0.717, 1.165) is 0 Å². The number of nitrogen functional groups attached to an aromatic ring is 1. The predicted octanol–water partition coefficient (Wildman–Crippen LogP) is -3.11. The molecule has 0 aliphatic carbocycles. The summed E-state index contributed by atoms with van der Waals surface area (Å²) in [5.41, 5.74) is 4.31. The second kappa shape index (κ2) is 7.45. The van der Waals surface area contributed by atoms with Gasteiger partial charge in [-0.2, -0.15) is 4.98 Å². The molecule has 140 valence electrons. The van der Waals surface area contributed by atoms with Gasteiger partial charge in [-0.1, -0.05) is 0 Å². The monoisotopic (exact) mass is 381 g/mol. The van der Waals surface area contributed by atoms with Crippen LogP contribution in [0.4, 0.5) is 17.5 Å². The van der Waals surface area contributed by atoms with Gasteiger partial charge >= 0.3 is 7.82 Å². The van der Waals surface area contributed by atoms with E-state index in [9.17, 15) is 24.4 Å². The topological polar surface area (TPSA) is 229 Å². The van der Waals surface area contributed by atoms with Crippen molar-refractivity contribution in [1.29, 1.82) is 0 Å². The fourth-order valence-corrected chi connectivity index (χ4v) is 2.44. The molecule has 14 nitrogen and oxygen atoms in total. The van der Waals surface area contributed by atoms with Crippen LogP contribution in [0.2, 0.25) is 0 Å². The largest absolute Gasteiger partial charge is 0.469 e. The van der Waals surface area contributed by atoms with Crippen LogP contribution in [0.25, 0.3) is 0 Å². The molecule has 0 radical (unpaired) electrons. The van der Waals surface area contributed by atoms with Crippen molar-refractivity contribution in [1.82, 2.24) is 9.97 Å². The molecule has 0 aromatic carbocycles. The Bertz CT molecular complexity index is 736. The van der Waals surface area contributed by atoms with Gasteiger partial charge in [0.15, 0.2) is 12.0 Å². The Labute approximate surface area is 139 Å². The number of phosphoric ester groups is 1. The van der Waals surface area contributed by atoms with Crippen molar-refractivity contribution in [3.05, 3.63) is 10.4 Å². The van der Waals surface area contributed by atoms with Crippen molar-refractivity contribution in [3.8, 4) is 0 Å². The second-order valence-corrected chi connectivity index (χ2v) is 6.18. The molecule has 9 N–H and O–H groups in total. The number of phosphoric acid groups is 1. The van der Waals surface area contributed by atoms with E-state index in [1.54, 1.807) is 0 Å². The minimum Gasteiger partial charge on any atom is -0.387 e. The molecule has 1 fully saturated rings. The van der Waals surface area contributed by atoms with Gasteiger partial charge in [0.05, 0.1) is 6.61 Å². The molecule has 0 spiro atoms. The van der Waals surface area contributed by atoms with E-state index in [2.05, 4.69) is 25.1 Å². The Morgan fingerprint density at radius 1 is 1.40 bits per heavy atom. The Hall–Kier alpha value is -2.06. The van der Waals surface area contributed by atoms with Gasteiger partial charge in [0.1, 0.15) is 24.0 Å². The molecule has 1 unspecified atom stereocenters. The quantitative estimate of drug-likeness (QED) is 0.173. The maximum absolute atomic E-state index is 11.8. The predicted molar refractivity (Wildman–Crippen MR) is 81.3 cm³/mol. The van der Waals surface area contributed by atoms with Gasteiger partial charge in [0.25, 0.3) is 5.56 Å². The first-order valence-corrected chi connectivity index (χ1v) is 8.23. The molecule has 4 atom stereocenters. The van der Waals surface area contributed by atoms with Crippen LogP contribution in [0.1, 0.15) is 0 Å². The maximum Gasteiger partial charge on any atom is 0.469 e. The number of carbonyl (C=O) groups excluding carboxylic acids is 1. The lowest BCUT2D eigenvalue weighted by atomic mass is 10.1. The van der Waals surface area contributed by atoms with Gasteiger partial charge in [-0.05, 0) is 0 Å². The van der Waals surface area contributed by atoms with Crippen molar-refractivity contribution in [2.45, 2.75) is 24.5 Å². The van der Waals surface area contributed by atoms with Crippen LogP contribution < -0.4 is 21.9 Å². The number of aliphatic hydroxyl groups excluding tert-OH is 2. The first-order chi connectivity index (χ1) is 11.6. The van der Waals surface area contributed by atoms with Crippen molar-refractivity contribution in [2.24, 2.45) is 0 Å². The number of nitrogens with zero attached hydrogens (tertiary/aromatic N) is 1. The number of aromatic nitrogens is 2. The summed E-state index contributed by atoms with van der Waals surface area (Å²) >= 11 is 0. The number of nitrogens with one attached hydrogen (secondary N) is 3. The number of amides is 1. The molecule has 25 heavy (non-hydrogen) atoms. The molecule has 1 amide bonds. The van der Waals surface area contributed by atoms with Crippen LogP contribution in [-0.2, 0) is 18.6 Å². The van der Waals surface area contributed by atoms with Crippen molar-refractivity contribution < 1.29 is 38.6 Å². The SMILES string of the molecule is Nc1nc(NC2O[C@H](COP(=O)(O)O)[C@@H](O)[C@H]2O)c(NC=O)c(=O)[nH]1. The van der Waals surface area contributed by atoms with Crippen LogP contribution in [0.3, 0.4) is 0 Å². The van der Waals surface area contributed by atoms with E-state index >= 15 is 0 Å². The summed E-state index contributed by atoms with van der Waals surface area (Å²) in [5, 5.41) is 24.4. The van der Waals surface area contributed by atoms with Crippen LogP contribution in [0, 0.1) is 0 Å². The second-order valence-electron chi connectivity index (χ2n) is 4.94. The van der Waals surface area contributed by atoms with E-state index in [1.165, 1.54) is 0 Å². The molecule has 0 bridgehead atoms. The number of carbonyl (C=O) groups is 1. The minimum absolute atomic E-state index is 0.213. The number of aliphatic hydroxyl groups is 2. The van der Waals surface area contributed by atoms with Crippen LogP contribution in [0.15, 0.2) is 4.79 Å². The summed E-state index contributed by atoms with van der Waals surface area (Å²) < 4.78 is 20.1. The third kappa shape index (κ3) is 4.73. The molecule has 1 aliphatic rings. The number of anilines is 3. The highest BCUT2D eigenvalue weighted by Crippen LogP contribution is 2.37. The first kappa shape index (κ1) is 19.3. The fraction of sp³-hybridized carbons (Fsp3) is 0.500. The fourth-order valence-electron chi connectivity index (χ4n) is 2.10. The third-order valence-corrected chi connectivity index (χ3v) is 3.67. The molecule has 1 aromatic heterocycles. The molecule has 1 saturated heterocycles. The van der Waals surface area contributed by atoms with Gasteiger partial charge in [0.2, 0.25) is 12.4 Å². The van der Waals surface area contributed by atoms with Crippen molar-refractivity contribution in [2.75, 3.05) is 23.0 Å². The van der Waals surface area contributed by atoms with E-state index in [4.69, 9.17) is 20.3 Å². The highest BCUT2D eigenvalue weighted by Gasteiger charge is 2.44. The minimum atomic E-state index is -4.80. The van der Waals surface area contributed by atoms with E-state index in [-0.39, 0.29) is 23.9 Å². The lowest BCUT2D eigenvalue weighted by molar-refractivity contribution is -0.105. The summed E-state index contributed by atoms with van der Waals surface area (Å²) in [6, 6.07) is 0. The zero-order valence-corrected chi connectivity index (χ0v) is 13.3. The van der Waals surface area contributed by atoms with E-state index in [0.29, 0.717) is 0 Å².